The van der Waals surface area contributed by atoms with Gasteiger partial charge in [-0.15, -0.1) is 11.3 Å². The number of nitrogens with one attached hydrogen (secondary N) is 2. The number of anilines is 2. The van der Waals surface area contributed by atoms with Gasteiger partial charge in [0.1, 0.15) is 5.75 Å². The van der Waals surface area contributed by atoms with Crippen molar-refractivity contribution in [1.29, 1.82) is 0 Å². The van der Waals surface area contributed by atoms with Gasteiger partial charge in [0, 0.05) is 16.1 Å². The summed E-state index contributed by atoms with van der Waals surface area (Å²) in [7, 11) is 1.58. The van der Waals surface area contributed by atoms with Gasteiger partial charge in [-0.2, -0.15) is 0 Å². The van der Waals surface area contributed by atoms with Gasteiger partial charge in [-0.25, -0.2) is 4.98 Å². The molecule has 0 fully saturated rings. The molecule has 0 aliphatic heterocycles. The maximum atomic E-state index is 12.9. The number of fused-ring (bicyclic) bond motifs is 1. The van der Waals surface area contributed by atoms with E-state index in [2.05, 4.69) is 21.7 Å². The predicted molar refractivity (Wildman–Crippen MR) is 119 cm³/mol. The summed E-state index contributed by atoms with van der Waals surface area (Å²) in [6, 6.07) is 12.9. The first-order valence-corrected chi connectivity index (χ1v) is 10.6. The zero-order valence-corrected chi connectivity index (χ0v) is 17.9. The normalized spacial score (nSPS) is 14.8. The fourth-order valence-electron chi connectivity index (χ4n) is 3.72. The molecule has 30 heavy (non-hydrogen) atoms. The Labute approximate surface area is 179 Å². The van der Waals surface area contributed by atoms with Crippen molar-refractivity contribution in [3.63, 3.8) is 0 Å². The number of benzene rings is 2. The van der Waals surface area contributed by atoms with E-state index in [1.54, 1.807) is 31.4 Å². The summed E-state index contributed by atoms with van der Waals surface area (Å²) in [6.07, 6.45) is 1.52. The number of aryl methyl sites for hydroxylation is 3. The Hall–Kier alpha value is -3.19. The highest BCUT2D eigenvalue weighted by Crippen LogP contribution is 2.39. The van der Waals surface area contributed by atoms with Gasteiger partial charge in [-0.1, -0.05) is 6.07 Å². The first-order chi connectivity index (χ1) is 14.4. The van der Waals surface area contributed by atoms with Crippen molar-refractivity contribution in [2.24, 2.45) is 0 Å². The second-order valence-corrected chi connectivity index (χ2v) is 8.55. The average Bonchev–Trinajstić information content (AvgIpc) is 3.27. The van der Waals surface area contributed by atoms with Crippen LogP contribution >= 0.6 is 11.3 Å². The molecule has 2 aromatic carbocycles. The summed E-state index contributed by atoms with van der Waals surface area (Å²) in [5.74, 6) is 0.0968. The molecule has 1 atom stereocenters. The Morgan fingerprint density at radius 3 is 2.43 bits per heavy atom. The van der Waals surface area contributed by atoms with Crippen molar-refractivity contribution in [2.75, 3.05) is 17.7 Å². The number of nitrogens with zero attached hydrogens (tertiary/aromatic N) is 1. The minimum Gasteiger partial charge on any atom is -0.497 e. The van der Waals surface area contributed by atoms with Gasteiger partial charge in [0.25, 0.3) is 5.91 Å². The first kappa shape index (κ1) is 20.1. The topological polar surface area (TPSA) is 80.3 Å². The zero-order valence-electron chi connectivity index (χ0n) is 17.1. The number of carbonyl (C=O) groups is 2. The quantitative estimate of drug-likeness (QED) is 0.626. The van der Waals surface area contributed by atoms with E-state index < -0.39 is 0 Å². The lowest BCUT2D eigenvalue weighted by atomic mass is 10.1. The summed E-state index contributed by atoms with van der Waals surface area (Å²) in [6.45, 7) is 4.02. The molecule has 1 aliphatic carbocycles. The average molecular weight is 422 g/mol. The third kappa shape index (κ3) is 4.21. The highest BCUT2D eigenvalue weighted by Gasteiger charge is 2.33. The molecule has 1 aliphatic rings. The van der Waals surface area contributed by atoms with Crippen molar-refractivity contribution in [1.82, 2.24) is 4.98 Å². The molecular weight excluding hydrogens is 398 g/mol. The lowest BCUT2D eigenvalue weighted by molar-refractivity contribution is -0.117. The van der Waals surface area contributed by atoms with Gasteiger partial charge in [-0.05, 0) is 74.2 Å². The van der Waals surface area contributed by atoms with Crippen LogP contribution in [0.25, 0.3) is 0 Å². The van der Waals surface area contributed by atoms with E-state index in [1.165, 1.54) is 11.3 Å². The molecule has 1 aromatic heterocycles. The van der Waals surface area contributed by atoms with Crippen LogP contribution in [0.5, 0.6) is 5.75 Å². The summed E-state index contributed by atoms with van der Waals surface area (Å²) in [4.78, 5) is 31.0. The maximum absolute atomic E-state index is 12.9. The molecule has 3 aromatic rings. The number of amides is 2. The first-order valence-electron chi connectivity index (χ1n) is 9.77. The Balaban J connectivity index is 1.46. The minimum atomic E-state index is -0.302. The fourth-order valence-corrected chi connectivity index (χ4v) is 4.76. The molecule has 6 nitrogen and oxygen atoms in total. The van der Waals surface area contributed by atoms with Crippen LogP contribution in [-0.2, 0) is 11.2 Å². The van der Waals surface area contributed by atoms with Gasteiger partial charge in [0.05, 0.1) is 18.7 Å². The standard InChI is InChI=1S/C23H23N3O3S/c1-13-10-14(2)12-16(11-13)24-22(28)18-8-9-19-20(18)25-23(30-19)26-21(27)15-4-6-17(29-3)7-5-15/h4-7,10-12,18H,8-9H2,1-3H3,(H,24,28)(H,25,26,27). The maximum Gasteiger partial charge on any atom is 0.257 e. The van der Waals surface area contributed by atoms with Crippen LogP contribution < -0.4 is 15.4 Å². The van der Waals surface area contributed by atoms with E-state index in [9.17, 15) is 9.59 Å². The molecule has 0 bridgehead atoms. The van der Waals surface area contributed by atoms with Crippen LogP contribution in [-0.4, -0.2) is 23.9 Å². The van der Waals surface area contributed by atoms with Crippen LogP contribution in [0.2, 0.25) is 0 Å². The second-order valence-electron chi connectivity index (χ2n) is 7.47. The smallest absolute Gasteiger partial charge is 0.257 e. The monoisotopic (exact) mass is 421 g/mol. The van der Waals surface area contributed by atoms with Crippen LogP contribution in [0.1, 0.15) is 44.4 Å². The SMILES string of the molecule is COc1ccc(C(=O)Nc2nc3c(s2)CCC3C(=O)Nc2cc(C)cc(C)c2)cc1. The Morgan fingerprint density at radius 2 is 1.77 bits per heavy atom. The third-order valence-electron chi connectivity index (χ3n) is 5.10. The van der Waals surface area contributed by atoms with Crippen molar-refractivity contribution in [3.8, 4) is 5.75 Å². The lowest BCUT2D eigenvalue weighted by Crippen LogP contribution is -2.20. The van der Waals surface area contributed by atoms with Crippen molar-refractivity contribution in [2.45, 2.75) is 32.6 Å². The van der Waals surface area contributed by atoms with Crippen molar-refractivity contribution < 1.29 is 14.3 Å². The summed E-state index contributed by atoms with van der Waals surface area (Å²) in [5, 5.41) is 6.38. The largest absolute Gasteiger partial charge is 0.497 e. The van der Waals surface area contributed by atoms with E-state index in [-0.39, 0.29) is 17.7 Å². The highest BCUT2D eigenvalue weighted by atomic mass is 32.1. The van der Waals surface area contributed by atoms with E-state index in [0.717, 1.165) is 40.2 Å². The number of aromatic nitrogens is 1. The van der Waals surface area contributed by atoms with E-state index in [4.69, 9.17) is 4.74 Å². The number of ether oxygens (including phenoxy) is 1. The van der Waals surface area contributed by atoms with Gasteiger partial charge in [-0.3, -0.25) is 14.9 Å². The molecule has 0 saturated heterocycles. The molecule has 0 radical (unpaired) electrons. The molecule has 4 rings (SSSR count). The Kier molecular flexibility index (Phi) is 5.55. The van der Waals surface area contributed by atoms with Crippen molar-refractivity contribution in [3.05, 3.63) is 69.7 Å². The third-order valence-corrected chi connectivity index (χ3v) is 6.14. The van der Waals surface area contributed by atoms with E-state index >= 15 is 0 Å². The second kappa shape index (κ2) is 8.28. The van der Waals surface area contributed by atoms with E-state index in [1.807, 2.05) is 26.0 Å². The van der Waals surface area contributed by atoms with Gasteiger partial charge >= 0.3 is 0 Å². The molecular formula is C23H23N3O3S. The van der Waals surface area contributed by atoms with Crippen LogP contribution in [0.4, 0.5) is 10.8 Å². The number of thiazole rings is 1. The summed E-state index contributed by atoms with van der Waals surface area (Å²) >= 11 is 1.44. The summed E-state index contributed by atoms with van der Waals surface area (Å²) < 4.78 is 5.12. The molecule has 2 N–H and O–H groups in total. The summed E-state index contributed by atoms with van der Waals surface area (Å²) in [5.41, 5.74) is 4.31. The predicted octanol–water partition coefficient (Wildman–Crippen LogP) is 4.69. The van der Waals surface area contributed by atoms with Crippen LogP contribution in [0, 0.1) is 13.8 Å². The molecule has 1 heterocycles. The minimum absolute atomic E-state index is 0.0583. The number of rotatable bonds is 5. The van der Waals surface area contributed by atoms with Crippen LogP contribution in [0.15, 0.2) is 42.5 Å². The van der Waals surface area contributed by atoms with Gasteiger partial charge in [0.2, 0.25) is 5.91 Å². The van der Waals surface area contributed by atoms with Crippen LogP contribution in [0.3, 0.4) is 0 Å². The number of methoxy groups -OCH3 is 1. The molecule has 2 amide bonds. The molecule has 7 heteroatoms. The lowest BCUT2D eigenvalue weighted by Gasteiger charge is -2.12. The molecule has 0 spiro atoms. The number of hydrogen-bond donors (Lipinski definition) is 2. The highest BCUT2D eigenvalue weighted by molar-refractivity contribution is 7.16. The van der Waals surface area contributed by atoms with E-state index in [0.29, 0.717) is 16.4 Å². The Bertz CT molecular complexity index is 1090. The van der Waals surface area contributed by atoms with Gasteiger partial charge < -0.3 is 10.1 Å². The van der Waals surface area contributed by atoms with Crippen molar-refractivity contribution >= 4 is 34.0 Å². The number of carbonyl (C=O) groups excluding carboxylic acids is 2. The molecule has 0 saturated carbocycles. The molecule has 154 valence electrons. The number of hydrogen-bond acceptors (Lipinski definition) is 5. The van der Waals surface area contributed by atoms with Gasteiger partial charge in [0.15, 0.2) is 5.13 Å². The fraction of sp³-hybridized carbons (Fsp3) is 0.261. The zero-order chi connectivity index (χ0) is 21.3. The molecule has 1 unspecified atom stereocenters. The Morgan fingerprint density at radius 1 is 1.07 bits per heavy atom.